The van der Waals surface area contributed by atoms with E-state index in [1.54, 1.807) is 22.9 Å². The van der Waals surface area contributed by atoms with Crippen LogP contribution in [0.5, 0.6) is 5.75 Å². The minimum absolute atomic E-state index is 0.0131. The number of likely N-dealkylation sites (tertiary alicyclic amines) is 1. The van der Waals surface area contributed by atoms with Gasteiger partial charge < -0.3 is 10.1 Å². The number of carbonyl (C=O) groups is 2. The van der Waals surface area contributed by atoms with Gasteiger partial charge in [-0.2, -0.15) is 5.10 Å². The Labute approximate surface area is 168 Å². The van der Waals surface area contributed by atoms with Gasteiger partial charge in [0.15, 0.2) is 12.4 Å². The zero-order chi connectivity index (χ0) is 19.8. The van der Waals surface area contributed by atoms with Crippen molar-refractivity contribution in [2.45, 2.75) is 26.3 Å². The van der Waals surface area contributed by atoms with Crippen molar-refractivity contribution >= 4 is 29.0 Å². The summed E-state index contributed by atoms with van der Waals surface area (Å²) in [6.45, 7) is 4.41. The molecule has 1 N–H and O–H groups in total. The van der Waals surface area contributed by atoms with Crippen LogP contribution in [0.4, 0.5) is 5.69 Å². The molecule has 0 bridgehead atoms. The lowest BCUT2D eigenvalue weighted by Crippen LogP contribution is -2.36. The summed E-state index contributed by atoms with van der Waals surface area (Å²) < 4.78 is 7.06. The number of nitrogens with zero attached hydrogens (tertiary/aromatic N) is 3. The molecule has 0 unspecified atom stereocenters. The second-order valence-corrected chi connectivity index (χ2v) is 7.80. The Morgan fingerprint density at radius 2 is 2.11 bits per heavy atom. The van der Waals surface area contributed by atoms with Crippen molar-refractivity contribution in [2.24, 2.45) is 13.0 Å². The second kappa shape index (κ2) is 7.56. The first-order chi connectivity index (χ1) is 13.4. The Balaban J connectivity index is 1.39. The summed E-state index contributed by atoms with van der Waals surface area (Å²) in [5.74, 6) is 0.516. The number of benzene rings is 1. The Morgan fingerprint density at radius 3 is 2.79 bits per heavy atom. The molecule has 1 aromatic carbocycles. The maximum absolute atomic E-state index is 12.9. The number of fused-ring (bicyclic) bond motifs is 1. The fourth-order valence-corrected chi connectivity index (χ4v) is 4.14. The topological polar surface area (TPSA) is 76.5 Å². The number of nitrogens with one attached hydrogen (secondary N) is 1. The molecule has 1 fully saturated rings. The average Bonchev–Trinajstić information content (AvgIpc) is 2.93. The predicted molar refractivity (Wildman–Crippen MR) is 106 cm³/mol. The lowest BCUT2D eigenvalue weighted by Gasteiger charge is -2.31. The molecule has 4 rings (SSSR count). The van der Waals surface area contributed by atoms with Crippen molar-refractivity contribution in [3.63, 3.8) is 0 Å². The van der Waals surface area contributed by atoms with Gasteiger partial charge in [-0.25, -0.2) is 0 Å². The number of Topliss-reactive ketones (excluding diaryl/α,β-unsaturated/α-hetero) is 1. The molecule has 3 heterocycles. The highest BCUT2D eigenvalue weighted by atomic mass is 35.5. The molecule has 0 aliphatic carbocycles. The zero-order valence-electron chi connectivity index (χ0n) is 16.0. The number of piperidine rings is 1. The summed E-state index contributed by atoms with van der Waals surface area (Å²) in [5.41, 5.74) is 3.19. The first-order valence-electron chi connectivity index (χ1n) is 9.43. The Kier molecular flexibility index (Phi) is 5.12. The molecule has 2 aliphatic heterocycles. The van der Waals surface area contributed by atoms with Gasteiger partial charge in [0.05, 0.1) is 11.4 Å². The quantitative estimate of drug-likeness (QED) is 0.796. The number of hydrogen-bond acceptors (Lipinski definition) is 5. The molecule has 2 aromatic rings. The van der Waals surface area contributed by atoms with Crippen molar-refractivity contribution in [3.8, 4) is 5.75 Å². The van der Waals surface area contributed by atoms with Crippen LogP contribution in [0, 0.1) is 12.8 Å². The van der Waals surface area contributed by atoms with Crippen molar-refractivity contribution in [1.82, 2.24) is 14.7 Å². The summed E-state index contributed by atoms with van der Waals surface area (Å²) in [6, 6.07) is 5.26. The van der Waals surface area contributed by atoms with Gasteiger partial charge in [0.1, 0.15) is 10.9 Å². The van der Waals surface area contributed by atoms with Gasteiger partial charge in [0.2, 0.25) is 0 Å². The van der Waals surface area contributed by atoms with Crippen LogP contribution in [-0.4, -0.2) is 46.1 Å². The van der Waals surface area contributed by atoms with E-state index in [4.69, 9.17) is 16.3 Å². The van der Waals surface area contributed by atoms with Crippen LogP contribution >= 0.6 is 11.6 Å². The van der Waals surface area contributed by atoms with E-state index in [9.17, 15) is 9.59 Å². The monoisotopic (exact) mass is 402 g/mol. The van der Waals surface area contributed by atoms with Gasteiger partial charge in [-0.3, -0.25) is 19.2 Å². The van der Waals surface area contributed by atoms with Crippen LogP contribution in [0.25, 0.3) is 0 Å². The highest BCUT2D eigenvalue weighted by molar-refractivity contribution is 6.30. The van der Waals surface area contributed by atoms with E-state index in [0.717, 1.165) is 43.7 Å². The Hall–Kier alpha value is -2.38. The van der Waals surface area contributed by atoms with Gasteiger partial charge in [0.25, 0.3) is 5.91 Å². The van der Waals surface area contributed by atoms with Gasteiger partial charge in [-0.15, -0.1) is 0 Å². The van der Waals surface area contributed by atoms with E-state index in [1.807, 2.05) is 14.0 Å². The molecule has 0 radical (unpaired) electrons. The minimum Gasteiger partial charge on any atom is -0.482 e. The number of rotatable bonds is 4. The van der Waals surface area contributed by atoms with Crippen LogP contribution in [0.15, 0.2) is 18.2 Å². The normalized spacial score (nSPS) is 17.8. The summed E-state index contributed by atoms with van der Waals surface area (Å²) in [4.78, 5) is 26.8. The number of anilines is 1. The minimum atomic E-state index is -0.199. The second-order valence-electron chi connectivity index (χ2n) is 7.44. The molecule has 0 saturated carbocycles. The van der Waals surface area contributed by atoms with Gasteiger partial charge in [-0.05, 0) is 51.1 Å². The lowest BCUT2D eigenvalue weighted by atomic mass is 9.88. The maximum Gasteiger partial charge on any atom is 0.262 e. The van der Waals surface area contributed by atoms with Crippen molar-refractivity contribution in [3.05, 3.63) is 40.2 Å². The fourth-order valence-electron chi connectivity index (χ4n) is 3.90. The molecule has 2 aliphatic rings. The molecular formula is C20H23ClN4O3. The molecule has 0 spiro atoms. The van der Waals surface area contributed by atoms with E-state index in [0.29, 0.717) is 22.2 Å². The molecule has 28 heavy (non-hydrogen) atoms. The summed E-state index contributed by atoms with van der Waals surface area (Å²) >= 11 is 6.34. The third-order valence-electron chi connectivity index (χ3n) is 5.51. The van der Waals surface area contributed by atoms with E-state index in [2.05, 4.69) is 15.3 Å². The third kappa shape index (κ3) is 3.64. The Bertz CT molecular complexity index is 932. The number of aryl methyl sites for hydroxylation is 2. The summed E-state index contributed by atoms with van der Waals surface area (Å²) in [5, 5.41) is 7.80. The number of hydrogen-bond donors (Lipinski definition) is 1. The third-order valence-corrected chi connectivity index (χ3v) is 5.98. The molecular weight excluding hydrogens is 380 g/mol. The van der Waals surface area contributed by atoms with Gasteiger partial charge >= 0.3 is 0 Å². The first kappa shape index (κ1) is 19.0. The predicted octanol–water partition coefficient (Wildman–Crippen LogP) is 2.81. The maximum atomic E-state index is 12.9. The highest BCUT2D eigenvalue weighted by Crippen LogP contribution is 2.31. The van der Waals surface area contributed by atoms with Crippen LogP contribution < -0.4 is 10.1 Å². The number of ether oxygens (including phenoxy) is 1. The molecule has 1 aromatic heterocycles. The van der Waals surface area contributed by atoms with Crippen LogP contribution in [0.2, 0.25) is 5.15 Å². The van der Waals surface area contributed by atoms with Gasteiger partial charge in [-0.1, -0.05) is 11.6 Å². The molecule has 148 valence electrons. The lowest BCUT2D eigenvalue weighted by molar-refractivity contribution is -0.118. The molecule has 0 atom stereocenters. The number of amides is 1. The number of carbonyl (C=O) groups excluding carboxylic acids is 2. The first-order valence-corrected chi connectivity index (χ1v) is 9.81. The summed E-state index contributed by atoms with van der Waals surface area (Å²) in [6.07, 6.45) is 1.60. The molecule has 1 saturated heterocycles. The Morgan fingerprint density at radius 1 is 1.36 bits per heavy atom. The average molecular weight is 403 g/mol. The molecule has 1 amide bonds. The van der Waals surface area contributed by atoms with Crippen molar-refractivity contribution in [2.75, 3.05) is 25.0 Å². The van der Waals surface area contributed by atoms with E-state index in [1.165, 1.54) is 0 Å². The SMILES string of the molecule is Cc1nn(C)c(Cl)c1CN1CCC(C(=O)c2ccc3c(c2)NC(=O)CO3)CC1. The standard InChI is InChI=1S/C20H23ClN4O3/c1-12-15(20(21)24(2)23-12)10-25-7-5-13(6-8-25)19(27)14-3-4-17-16(9-14)22-18(26)11-28-17/h3-4,9,13H,5-8,10-11H2,1-2H3,(H,22,26). The van der Waals surface area contributed by atoms with Crippen LogP contribution in [0.3, 0.4) is 0 Å². The largest absolute Gasteiger partial charge is 0.482 e. The molecule has 7 nitrogen and oxygen atoms in total. The highest BCUT2D eigenvalue weighted by Gasteiger charge is 2.28. The van der Waals surface area contributed by atoms with E-state index >= 15 is 0 Å². The number of ketones is 1. The molecule has 8 heteroatoms. The van der Waals surface area contributed by atoms with Crippen molar-refractivity contribution in [1.29, 1.82) is 0 Å². The zero-order valence-corrected chi connectivity index (χ0v) is 16.8. The smallest absolute Gasteiger partial charge is 0.262 e. The fraction of sp³-hybridized carbons (Fsp3) is 0.450. The number of aromatic nitrogens is 2. The van der Waals surface area contributed by atoms with Crippen LogP contribution in [-0.2, 0) is 18.4 Å². The van der Waals surface area contributed by atoms with E-state index < -0.39 is 0 Å². The van der Waals surface area contributed by atoms with Gasteiger partial charge in [0, 0.05) is 30.6 Å². The van der Waals surface area contributed by atoms with Crippen LogP contribution in [0.1, 0.15) is 34.5 Å². The summed E-state index contributed by atoms with van der Waals surface area (Å²) in [7, 11) is 1.84. The van der Waals surface area contributed by atoms with Crippen molar-refractivity contribution < 1.29 is 14.3 Å². The van der Waals surface area contributed by atoms with E-state index in [-0.39, 0.29) is 24.2 Å². The number of halogens is 1.